The molecular formula is C28H33O6S+. The molecule has 0 heterocycles. The fourth-order valence-electron chi connectivity index (χ4n) is 2.70. The van der Waals surface area contributed by atoms with Gasteiger partial charge in [0.2, 0.25) is 0 Å². The Bertz CT molecular complexity index is 1070. The number of rotatable bonds is 5. The number of hydrogen-bond acceptors (Lipinski definition) is 6. The number of phenolic OH excluding ortho intramolecular Hbond substituents is 1. The van der Waals surface area contributed by atoms with E-state index in [-0.39, 0.29) is 22.2 Å². The van der Waals surface area contributed by atoms with E-state index < -0.39 is 11.8 Å². The highest BCUT2D eigenvalue weighted by Crippen LogP contribution is 2.32. The Hall–Kier alpha value is -3.45. The SMILES string of the molecule is CC(C)(C)OC(=O)Oc1ccc([S+](c2ccccc2)c2ccc(O)cc2)cc1.CC(C)(C)OC=O. The second-order valence-electron chi connectivity index (χ2n) is 9.48. The van der Waals surface area contributed by atoms with Gasteiger partial charge in [-0.1, -0.05) is 18.2 Å². The van der Waals surface area contributed by atoms with E-state index in [1.807, 2.05) is 63.2 Å². The number of benzene rings is 3. The molecular weight excluding hydrogens is 464 g/mol. The highest BCUT2D eigenvalue weighted by atomic mass is 32.2. The molecule has 6 nitrogen and oxygen atoms in total. The van der Waals surface area contributed by atoms with Gasteiger partial charge in [-0.05, 0) is 102 Å². The first kappa shape index (κ1) is 27.8. The van der Waals surface area contributed by atoms with Gasteiger partial charge < -0.3 is 19.3 Å². The van der Waals surface area contributed by atoms with Gasteiger partial charge in [0.05, 0.1) is 10.9 Å². The van der Waals surface area contributed by atoms with Crippen molar-refractivity contribution in [1.82, 2.24) is 0 Å². The zero-order chi connectivity index (χ0) is 26.1. The second kappa shape index (κ2) is 12.3. The van der Waals surface area contributed by atoms with Gasteiger partial charge in [-0.2, -0.15) is 0 Å². The molecule has 1 atom stereocenters. The van der Waals surface area contributed by atoms with Gasteiger partial charge in [0.1, 0.15) is 22.7 Å². The largest absolute Gasteiger partial charge is 0.514 e. The van der Waals surface area contributed by atoms with Gasteiger partial charge in [0.15, 0.2) is 14.7 Å². The standard InChI is InChI=1S/C23H22O4S.C5H10O2/c1-23(2,3)27-22(25)26-18-11-15-21(16-12-18)28(19-7-5-4-6-8-19)20-13-9-17(24)10-14-20;1-5(2,3)7-4-6/h4-16H,1-3H3;4H,1-3H3/p+1. The topological polar surface area (TPSA) is 82.1 Å². The highest BCUT2D eigenvalue weighted by molar-refractivity contribution is 7.97. The number of hydrogen-bond donors (Lipinski definition) is 1. The minimum Gasteiger partial charge on any atom is -0.508 e. The van der Waals surface area contributed by atoms with Gasteiger partial charge in [-0.3, -0.25) is 4.79 Å². The van der Waals surface area contributed by atoms with Crippen molar-refractivity contribution >= 4 is 23.5 Å². The third-order valence-corrected chi connectivity index (χ3v) is 6.33. The van der Waals surface area contributed by atoms with E-state index in [0.29, 0.717) is 12.2 Å². The minimum atomic E-state index is -0.721. The zero-order valence-corrected chi connectivity index (χ0v) is 21.8. The second-order valence-corrected chi connectivity index (χ2v) is 11.5. The molecule has 0 radical (unpaired) electrons. The normalized spacial score (nSPS) is 11.9. The summed E-state index contributed by atoms with van der Waals surface area (Å²) in [6.07, 6.45) is -0.721. The summed E-state index contributed by atoms with van der Waals surface area (Å²) in [6.45, 7) is 11.3. The summed E-state index contributed by atoms with van der Waals surface area (Å²) in [6, 6.07) is 24.8. The van der Waals surface area contributed by atoms with E-state index in [1.165, 1.54) is 0 Å². The van der Waals surface area contributed by atoms with Crippen molar-refractivity contribution in [3.8, 4) is 11.5 Å². The molecule has 3 rings (SSSR count). The van der Waals surface area contributed by atoms with Crippen LogP contribution in [0.2, 0.25) is 0 Å². The summed E-state index contributed by atoms with van der Waals surface area (Å²) < 4.78 is 15.0. The van der Waals surface area contributed by atoms with E-state index in [2.05, 4.69) is 16.9 Å². The lowest BCUT2D eigenvalue weighted by molar-refractivity contribution is -0.138. The lowest BCUT2D eigenvalue weighted by Crippen LogP contribution is -2.25. The van der Waals surface area contributed by atoms with Gasteiger partial charge >= 0.3 is 6.16 Å². The molecule has 0 fully saturated rings. The van der Waals surface area contributed by atoms with Crippen molar-refractivity contribution in [2.45, 2.75) is 67.4 Å². The molecule has 1 unspecified atom stereocenters. The zero-order valence-electron chi connectivity index (χ0n) is 21.0. The first-order valence-corrected chi connectivity index (χ1v) is 12.3. The van der Waals surface area contributed by atoms with Crippen LogP contribution in [0.3, 0.4) is 0 Å². The molecule has 0 amide bonds. The van der Waals surface area contributed by atoms with Crippen LogP contribution in [0.25, 0.3) is 0 Å². The van der Waals surface area contributed by atoms with E-state index in [4.69, 9.17) is 9.47 Å². The summed E-state index contributed by atoms with van der Waals surface area (Å²) >= 11 is 0. The maximum Gasteiger partial charge on any atom is 0.514 e. The number of aromatic hydroxyl groups is 1. The predicted molar refractivity (Wildman–Crippen MR) is 137 cm³/mol. The Labute approximate surface area is 210 Å². The number of carbonyl (C=O) groups is 2. The van der Waals surface area contributed by atoms with Crippen LogP contribution in [0.15, 0.2) is 93.5 Å². The van der Waals surface area contributed by atoms with Gasteiger partial charge in [-0.25, -0.2) is 4.79 Å². The number of phenols is 1. The third kappa shape index (κ3) is 10.1. The van der Waals surface area contributed by atoms with Crippen LogP contribution in [0.5, 0.6) is 11.5 Å². The molecule has 1 N–H and O–H groups in total. The number of carbonyl (C=O) groups excluding carboxylic acids is 2. The molecule has 186 valence electrons. The third-order valence-electron chi connectivity index (χ3n) is 4.10. The van der Waals surface area contributed by atoms with Crippen molar-refractivity contribution in [2.75, 3.05) is 0 Å². The Morgan fingerprint density at radius 3 is 1.66 bits per heavy atom. The van der Waals surface area contributed by atoms with Crippen molar-refractivity contribution in [1.29, 1.82) is 0 Å². The molecule has 0 aromatic heterocycles. The molecule has 0 aliphatic heterocycles. The highest BCUT2D eigenvalue weighted by Gasteiger charge is 2.28. The maximum absolute atomic E-state index is 11.9. The Morgan fingerprint density at radius 1 is 0.743 bits per heavy atom. The average Bonchev–Trinajstić information content (AvgIpc) is 2.75. The number of ether oxygens (including phenoxy) is 3. The molecule has 0 spiro atoms. The van der Waals surface area contributed by atoms with Crippen LogP contribution in [-0.4, -0.2) is 28.9 Å². The van der Waals surface area contributed by atoms with E-state index in [9.17, 15) is 14.7 Å². The Morgan fingerprint density at radius 2 is 1.23 bits per heavy atom. The van der Waals surface area contributed by atoms with Crippen LogP contribution in [0, 0.1) is 0 Å². The summed E-state index contributed by atoms with van der Waals surface area (Å²) in [4.78, 5) is 24.8. The van der Waals surface area contributed by atoms with Gasteiger partial charge in [0.25, 0.3) is 6.47 Å². The average molecular weight is 498 g/mol. The molecule has 7 heteroatoms. The smallest absolute Gasteiger partial charge is 0.508 e. The van der Waals surface area contributed by atoms with Crippen LogP contribution in [0.1, 0.15) is 41.5 Å². The first-order valence-electron chi connectivity index (χ1n) is 11.1. The van der Waals surface area contributed by atoms with Crippen LogP contribution in [0.4, 0.5) is 4.79 Å². The lowest BCUT2D eigenvalue weighted by Gasteiger charge is -2.18. The van der Waals surface area contributed by atoms with E-state index >= 15 is 0 Å². The van der Waals surface area contributed by atoms with Crippen molar-refractivity contribution in [3.63, 3.8) is 0 Å². The van der Waals surface area contributed by atoms with E-state index in [0.717, 1.165) is 14.7 Å². The fourth-order valence-corrected chi connectivity index (χ4v) is 4.76. The summed E-state index contributed by atoms with van der Waals surface area (Å²) in [5, 5.41) is 9.62. The van der Waals surface area contributed by atoms with Gasteiger partial charge in [-0.15, -0.1) is 0 Å². The first-order chi connectivity index (χ1) is 16.4. The van der Waals surface area contributed by atoms with Crippen LogP contribution in [-0.2, 0) is 25.2 Å². The molecule has 35 heavy (non-hydrogen) atoms. The van der Waals surface area contributed by atoms with Crippen molar-refractivity contribution in [3.05, 3.63) is 78.9 Å². The fraction of sp³-hybridized carbons (Fsp3) is 0.286. The summed E-state index contributed by atoms with van der Waals surface area (Å²) in [5.41, 5.74) is -0.919. The van der Waals surface area contributed by atoms with Crippen LogP contribution < -0.4 is 4.74 Å². The monoisotopic (exact) mass is 497 g/mol. The van der Waals surface area contributed by atoms with Crippen LogP contribution >= 0.6 is 0 Å². The Balaban J connectivity index is 0.000000540. The predicted octanol–water partition coefficient (Wildman–Crippen LogP) is 6.76. The molecule has 0 bridgehead atoms. The summed E-state index contributed by atoms with van der Waals surface area (Å²) in [7, 11) is -0.343. The Kier molecular flexibility index (Phi) is 9.78. The van der Waals surface area contributed by atoms with Gasteiger partial charge in [0, 0.05) is 0 Å². The molecule has 0 aliphatic carbocycles. The van der Waals surface area contributed by atoms with E-state index in [1.54, 1.807) is 45.0 Å². The molecule has 3 aromatic carbocycles. The molecule has 3 aromatic rings. The molecule has 0 saturated carbocycles. The summed E-state index contributed by atoms with van der Waals surface area (Å²) in [5.74, 6) is 0.668. The molecule has 0 aliphatic rings. The quantitative estimate of drug-likeness (QED) is 0.181. The van der Waals surface area contributed by atoms with Crippen molar-refractivity contribution in [2.24, 2.45) is 0 Å². The minimum absolute atomic E-state index is 0.237. The maximum atomic E-state index is 11.9. The molecule has 0 saturated heterocycles. The van der Waals surface area contributed by atoms with Crippen molar-refractivity contribution < 1.29 is 28.9 Å². The lowest BCUT2D eigenvalue weighted by atomic mass is 10.2.